The van der Waals surface area contributed by atoms with Crippen LogP contribution in [0.25, 0.3) is 0 Å². The molecule has 1 aliphatic heterocycles. The Hall–Kier alpha value is -0.130. The van der Waals surface area contributed by atoms with Gasteiger partial charge in [0.15, 0.2) is 0 Å². The van der Waals surface area contributed by atoms with E-state index in [9.17, 15) is 0 Å². The first-order valence-corrected chi connectivity index (χ1v) is 5.68. The van der Waals surface area contributed by atoms with E-state index in [4.69, 9.17) is 4.74 Å². The van der Waals surface area contributed by atoms with Crippen molar-refractivity contribution in [2.45, 2.75) is 32.3 Å². The average Bonchev–Trinajstić information content (AvgIpc) is 2.14. The lowest BCUT2D eigenvalue weighted by molar-refractivity contribution is 0.0316. The number of rotatable bonds is 3. The van der Waals surface area contributed by atoms with Gasteiger partial charge in [0.05, 0.1) is 11.9 Å². The summed E-state index contributed by atoms with van der Waals surface area (Å²) in [4.78, 5) is 0. The van der Waals surface area contributed by atoms with Gasteiger partial charge in [-0.2, -0.15) is 0 Å². The molecule has 1 nitrogen and oxygen atoms in total. The molecule has 1 saturated heterocycles. The van der Waals surface area contributed by atoms with Crippen molar-refractivity contribution in [2.75, 3.05) is 18.1 Å². The van der Waals surface area contributed by atoms with Gasteiger partial charge in [-0.25, -0.2) is 0 Å². The highest BCUT2D eigenvalue weighted by molar-refractivity contribution is 7.99. The zero-order valence-corrected chi connectivity index (χ0v) is 8.45. The third kappa shape index (κ3) is 4.04. The molecule has 0 aromatic rings. The molecule has 0 aliphatic carbocycles. The molecule has 12 heavy (non-hydrogen) atoms. The zero-order chi connectivity index (χ0) is 8.65. The van der Waals surface area contributed by atoms with Crippen LogP contribution in [0.5, 0.6) is 0 Å². The van der Waals surface area contributed by atoms with E-state index in [-0.39, 0.29) is 0 Å². The standard InChI is InChI=1S/C10H16OS/c1-2-3-8-12-9-10-6-4-5-7-11-10/h10H,4-9H2,1H3. The monoisotopic (exact) mass is 184 g/mol. The minimum atomic E-state index is 0.502. The second-order valence-electron chi connectivity index (χ2n) is 2.93. The Kier molecular flexibility index (Phi) is 5.30. The number of hydrogen-bond acceptors (Lipinski definition) is 2. The molecule has 1 fully saturated rings. The van der Waals surface area contributed by atoms with E-state index in [2.05, 4.69) is 11.8 Å². The third-order valence-electron chi connectivity index (χ3n) is 1.93. The van der Waals surface area contributed by atoms with Gasteiger partial charge in [0.2, 0.25) is 0 Å². The topological polar surface area (TPSA) is 9.23 Å². The minimum absolute atomic E-state index is 0.502. The van der Waals surface area contributed by atoms with Crippen molar-refractivity contribution < 1.29 is 4.74 Å². The van der Waals surface area contributed by atoms with Crippen LogP contribution in [0.4, 0.5) is 0 Å². The van der Waals surface area contributed by atoms with E-state index < -0.39 is 0 Å². The van der Waals surface area contributed by atoms with Crippen molar-refractivity contribution in [3.05, 3.63) is 0 Å². The minimum Gasteiger partial charge on any atom is -0.377 e. The van der Waals surface area contributed by atoms with Gasteiger partial charge in [0.1, 0.15) is 0 Å². The van der Waals surface area contributed by atoms with Crippen LogP contribution in [0, 0.1) is 11.8 Å². The molecule has 0 bridgehead atoms. The molecule has 1 aliphatic rings. The molecule has 1 unspecified atom stereocenters. The van der Waals surface area contributed by atoms with Crippen molar-refractivity contribution in [1.82, 2.24) is 0 Å². The molecular weight excluding hydrogens is 168 g/mol. The molecule has 1 atom stereocenters. The molecule has 0 amide bonds. The summed E-state index contributed by atoms with van der Waals surface area (Å²) >= 11 is 1.89. The zero-order valence-electron chi connectivity index (χ0n) is 7.64. The summed E-state index contributed by atoms with van der Waals surface area (Å²) in [5.41, 5.74) is 0. The van der Waals surface area contributed by atoms with Crippen LogP contribution in [-0.4, -0.2) is 24.2 Å². The number of thioether (sulfide) groups is 1. The Bertz CT molecular complexity index is 162. The normalized spacial score (nSPS) is 22.9. The lowest BCUT2D eigenvalue weighted by Gasteiger charge is -2.21. The fourth-order valence-electron chi connectivity index (χ4n) is 1.25. The molecule has 0 aromatic carbocycles. The maximum absolute atomic E-state index is 5.59. The number of ether oxygens (including phenoxy) is 1. The number of hydrogen-bond donors (Lipinski definition) is 0. The van der Waals surface area contributed by atoms with Crippen LogP contribution in [-0.2, 0) is 4.74 Å². The van der Waals surface area contributed by atoms with Crippen molar-refractivity contribution in [1.29, 1.82) is 0 Å². The van der Waals surface area contributed by atoms with Gasteiger partial charge in [0, 0.05) is 12.4 Å². The molecule has 1 heterocycles. The maximum Gasteiger partial charge on any atom is 0.0665 e. The maximum atomic E-state index is 5.59. The van der Waals surface area contributed by atoms with Crippen molar-refractivity contribution in [3.63, 3.8) is 0 Å². The second kappa shape index (κ2) is 6.39. The van der Waals surface area contributed by atoms with Crippen molar-refractivity contribution in [2.24, 2.45) is 0 Å². The van der Waals surface area contributed by atoms with Crippen LogP contribution in [0.15, 0.2) is 0 Å². The van der Waals surface area contributed by atoms with Gasteiger partial charge in [-0.1, -0.05) is 5.92 Å². The largest absolute Gasteiger partial charge is 0.377 e. The molecule has 0 saturated carbocycles. The van der Waals surface area contributed by atoms with E-state index >= 15 is 0 Å². The summed E-state index contributed by atoms with van der Waals surface area (Å²) in [5, 5.41) is 0. The molecular formula is C10H16OS. The van der Waals surface area contributed by atoms with Crippen LogP contribution in [0.3, 0.4) is 0 Å². The van der Waals surface area contributed by atoms with Crippen LogP contribution in [0.1, 0.15) is 26.2 Å². The van der Waals surface area contributed by atoms with E-state index in [1.54, 1.807) is 0 Å². The van der Waals surface area contributed by atoms with E-state index in [1.807, 2.05) is 18.7 Å². The predicted molar refractivity (Wildman–Crippen MR) is 54.4 cm³/mol. The molecule has 0 radical (unpaired) electrons. The summed E-state index contributed by atoms with van der Waals surface area (Å²) in [6.45, 7) is 2.85. The summed E-state index contributed by atoms with van der Waals surface area (Å²) < 4.78 is 5.59. The Morgan fingerprint density at radius 3 is 3.08 bits per heavy atom. The quantitative estimate of drug-likeness (QED) is 0.492. The fraction of sp³-hybridized carbons (Fsp3) is 0.800. The Labute approximate surface area is 79.3 Å². The Morgan fingerprint density at radius 1 is 1.50 bits per heavy atom. The molecule has 0 N–H and O–H groups in total. The smallest absolute Gasteiger partial charge is 0.0665 e. The summed E-state index contributed by atoms with van der Waals surface area (Å²) in [5.74, 6) is 8.01. The van der Waals surface area contributed by atoms with Crippen molar-refractivity contribution >= 4 is 11.8 Å². The molecule has 1 rings (SSSR count). The van der Waals surface area contributed by atoms with Crippen LogP contribution >= 0.6 is 11.8 Å². The summed E-state index contributed by atoms with van der Waals surface area (Å²) in [6, 6.07) is 0. The first-order chi connectivity index (χ1) is 5.93. The fourth-order valence-corrected chi connectivity index (χ4v) is 2.14. The van der Waals surface area contributed by atoms with Gasteiger partial charge in [0.25, 0.3) is 0 Å². The molecule has 0 aromatic heterocycles. The Balaban J connectivity index is 2.00. The molecule has 2 heteroatoms. The molecule has 68 valence electrons. The van der Waals surface area contributed by atoms with Crippen LogP contribution < -0.4 is 0 Å². The van der Waals surface area contributed by atoms with Gasteiger partial charge < -0.3 is 4.74 Å². The van der Waals surface area contributed by atoms with Gasteiger partial charge >= 0.3 is 0 Å². The lowest BCUT2D eigenvalue weighted by atomic mass is 10.1. The SMILES string of the molecule is CC#CCSCC1CCCCO1. The van der Waals surface area contributed by atoms with E-state index in [1.165, 1.54) is 19.3 Å². The highest BCUT2D eigenvalue weighted by atomic mass is 32.2. The lowest BCUT2D eigenvalue weighted by Crippen LogP contribution is -2.21. The van der Waals surface area contributed by atoms with Crippen molar-refractivity contribution in [3.8, 4) is 11.8 Å². The predicted octanol–water partition coefficient (Wildman–Crippen LogP) is 2.31. The molecule has 0 spiro atoms. The highest BCUT2D eigenvalue weighted by Crippen LogP contribution is 2.16. The summed E-state index contributed by atoms with van der Waals surface area (Å²) in [6.07, 6.45) is 4.33. The van der Waals surface area contributed by atoms with E-state index in [0.717, 1.165) is 18.1 Å². The third-order valence-corrected chi connectivity index (χ3v) is 2.88. The summed E-state index contributed by atoms with van der Waals surface area (Å²) in [7, 11) is 0. The Morgan fingerprint density at radius 2 is 2.42 bits per heavy atom. The first kappa shape index (κ1) is 9.95. The van der Waals surface area contributed by atoms with Gasteiger partial charge in [-0.05, 0) is 26.2 Å². The second-order valence-corrected chi connectivity index (χ2v) is 3.96. The van der Waals surface area contributed by atoms with Gasteiger partial charge in [-0.3, -0.25) is 0 Å². The highest BCUT2D eigenvalue weighted by Gasteiger charge is 2.12. The average molecular weight is 184 g/mol. The first-order valence-electron chi connectivity index (χ1n) is 4.52. The van der Waals surface area contributed by atoms with E-state index in [0.29, 0.717) is 6.10 Å². The van der Waals surface area contributed by atoms with Gasteiger partial charge in [-0.15, -0.1) is 17.7 Å². The van der Waals surface area contributed by atoms with Crippen LogP contribution in [0.2, 0.25) is 0 Å².